The first-order valence-electron chi connectivity index (χ1n) is 16.2. The van der Waals surface area contributed by atoms with E-state index in [0.29, 0.717) is 0 Å². The Bertz CT molecular complexity index is 2720. The minimum absolute atomic E-state index is 0.766. The van der Waals surface area contributed by atoms with Crippen molar-refractivity contribution < 1.29 is 4.42 Å². The normalized spacial score (nSPS) is 12.8. The molecule has 0 N–H and O–H groups in total. The summed E-state index contributed by atoms with van der Waals surface area (Å²) in [6, 6.07) is 38.2. The lowest BCUT2D eigenvalue weighted by Crippen LogP contribution is -1.92. The first-order chi connectivity index (χ1) is 23.8. The molecule has 0 fully saturated rings. The second kappa shape index (κ2) is 10.8. The third-order valence-electron chi connectivity index (χ3n) is 9.54. The van der Waals surface area contributed by atoms with Gasteiger partial charge in [-0.15, -0.1) is 11.3 Å². The highest BCUT2D eigenvalue weighted by Crippen LogP contribution is 2.41. The van der Waals surface area contributed by atoms with Crippen LogP contribution >= 0.6 is 11.3 Å². The Kier molecular flexibility index (Phi) is 6.14. The van der Waals surface area contributed by atoms with E-state index in [4.69, 9.17) is 19.4 Å². The zero-order valence-corrected chi connectivity index (χ0v) is 26.7. The summed E-state index contributed by atoms with van der Waals surface area (Å²) in [6.07, 6.45) is 12.6. The average Bonchev–Trinajstić information content (AvgIpc) is 3.73. The van der Waals surface area contributed by atoms with Gasteiger partial charge in [-0.05, 0) is 82.1 Å². The van der Waals surface area contributed by atoms with Gasteiger partial charge in [0.1, 0.15) is 11.2 Å². The number of rotatable bonds is 4. The number of aryl methyl sites for hydroxylation is 1. The molecule has 0 saturated heterocycles. The Morgan fingerprint density at radius 3 is 2.25 bits per heavy atom. The lowest BCUT2D eigenvalue weighted by molar-refractivity contribution is 0.670. The summed E-state index contributed by atoms with van der Waals surface area (Å²) in [4.78, 5) is 16.0. The number of hydrogen-bond acceptors (Lipinski definition) is 5. The molecule has 4 heterocycles. The Hall–Kier alpha value is -5.91. The molecular weight excluding hydrogens is 607 g/mol. The Labute approximate surface area is 280 Å². The van der Waals surface area contributed by atoms with Crippen molar-refractivity contribution in [1.29, 1.82) is 0 Å². The van der Waals surface area contributed by atoms with Gasteiger partial charge in [0.05, 0.1) is 5.69 Å². The molecule has 10 rings (SSSR count). The molecule has 48 heavy (non-hydrogen) atoms. The summed E-state index contributed by atoms with van der Waals surface area (Å²) in [5.74, 6) is 0.766. The van der Waals surface area contributed by atoms with Crippen molar-refractivity contribution >= 4 is 60.2 Å². The fourth-order valence-electron chi connectivity index (χ4n) is 7.17. The molecule has 4 nitrogen and oxygen atoms in total. The largest absolute Gasteiger partial charge is 0.455 e. The van der Waals surface area contributed by atoms with Gasteiger partial charge < -0.3 is 4.42 Å². The number of pyridine rings is 1. The first kappa shape index (κ1) is 27.2. The van der Waals surface area contributed by atoms with Crippen molar-refractivity contribution in [1.82, 2.24) is 15.0 Å². The first-order valence-corrected chi connectivity index (χ1v) is 17.0. The van der Waals surface area contributed by atoms with Crippen molar-refractivity contribution in [2.75, 3.05) is 0 Å². The van der Waals surface area contributed by atoms with Crippen LogP contribution in [-0.4, -0.2) is 15.0 Å². The molecule has 226 valence electrons. The van der Waals surface area contributed by atoms with Crippen LogP contribution in [0, 0.1) is 0 Å². The van der Waals surface area contributed by atoms with Crippen LogP contribution in [0.5, 0.6) is 0 Å². The molecular formula is C43H27N3OS. The predicted octanol–water partition coefficient (Wildman–Crippen LogP) is 11.8. The van der Waals surface area contributed by atoms with E-state index in [1.807, 2.05) is 48.1 Å². The molecule has 0 unspecified atom stereocenters. The van der Waals surface area contributed by atoms with Crippen molar-refractivity contribution in [3.8, 4) is 44.9 Å². The van der Waals surface area contributed by atoms with Crippen LogP contribution in [0.1, 0.15) is 16.9 Å². The summed E-state index contributed by atoms with van der Waals surface area (Å²) >= 11 is 1.85. The van der Waals surface area contributed by atoms with Crippen LogP contribution in [-0.2, 0) is 6.42 Å². The lowest BCUT2D eigenvalue weighted by atomic mass is 9.96. The lowest BCUT2D eigenvalue weighted by Gasteiger charge is -2.10. The quantitative estimate of drug-likeness (QED) is 0.193. The van der Waals surface area contributed by atoms with Gasteiger partial charge in [0.25, 0.3) is 0 Å². The highest BCUT2D eigenvalue weighted by molar-refractivity contribution is 7.20. The molecule has 1 aliphatic carbocycles. The number of nitrogens with zero attached hydrogens (tertiary/aromatic N) is 3. The molecule has 9 aromatic rings. The highest BCUT2D eigenvalue weighted by Gasteiger charge is 2.17. The number of hydrogen-bond donors (Lipinski definition) is 0. The molecule has 0 saturated carbocycles. The molecule has 5 heteroatoms. The summed E-state index contributed by atoms with van der Waals surface area (Å²) in [6.45, 7) is 0. The van der Waals surface area contributed by atoms with Crippen molar-refractivity contribution in [3.05, 3.63) is 144 Å². The molecule has 0 spiro atoms. The van der Waals surface area contributed by atoms with E-state index in [0.717, 1.165) is 85.1 Å². The smallest absolute Gasteiger partial charge is 0.160 e. The summed E-state index contributed by atoms with van der Waals surface area (Å²) < 4.78 is 7.53. The van der Waals surface area contributed by atoms with Crippen LogP contribution in [0.3, 0.4) is 0 Å². The van der Waals surface area contributed by atoms with Gasteiger partial charge in [-0.2, -0.15) is 0 Å². The SMILES string of the molecule is C1=Cc2sc3c(-c4ncc(-c5cccc6cc(-c7ccc(-c8cccc9c8oc8ccccc89)nc7)ccc56)cn4)cccc3c2CC1. The van der Waals surface area contributed by atoms with E-state index in [2.05, 4.69) is 103 Å². The summed E-state index contributed by atoms with van der Waals surface area (Å²) in [5.41, 5.74) is 10.5. The molecule has 0 aliphatic heterocycles. The fourth-order valence-corrected chi connectivity index (χ4v) is 8.46. The molecule has 5 aromatic carbocycles. The van der Waals surface area contributed by atoms with Gasteiger partial charge in [-0.3, -0.25) is 4.98 Å². The molecule has 0 bridgehead atoms. The van der Waals surface area contributed by atoms with Gasteiger partial charge in [-0.25, -0.2) is 9.97 Å². The maximum Gasteiger partial charge on any atom is 0.160 e. The third kappa shape index (κ3) is 4.32. The maximum atomic E-state index is 6.26. The predicted molar refractivity (Wildman–Crippen MR) is 199 cm³/mol. The number of para-hydroxylation sites is 2. The maximum absolute atomic E-state index is 6.26. The van der Waals surface area contributed by atoms with Crippen LogP contribution in [0.15, 0.2) is 138 Å². The molecule has 0 radical (unpaired) electrons. The number of allylic oxidation sites excluding steroid dienone is 1. The number of thiophene rings is 1. The van der Waals surface area contributed by atoms with Gasteiger partial charge >= 0.3 is 0 Å². The highest BCUT2D eigenvalue weighted by atomic mass is 32.1. The van der Waals surface area contributed by atoms with Crippen LogP contribution in [0.25, 0.3) is 93.8 Å². The van der Waals surface area contributed by atoms with Gasteiger partial charge in [-0.1, -0.05) is 84.9 Å². The van der Waals surface area contributed by atoms with Crippen molar-refractivity contribution in [2.45, 2.75) is 12.8 Å². The number of benzene rings is 5. The minimum Gasteiger partial charge on any atom is -0.455 e. The number of fused-ring (bicyclic) bond motifs is 7. The monoisotopic (exact) mass is 633 g/mol. The molecule has 4 aromatic heterocycles. The Morgan fingerprint density at radius 1 is 0.583 bits per heavy atom. The fraction of sp³-hybridized carbons (Fsp3) is 0.0465. The average molecular weight is 634 g/mol. The zero-order valence-electron chi connectivity index (χ0n) is 25.9. The summed E-state index contributed by atoms with van der Waals surface area (Å²) in [7, 11) is 0. The van der Waals surface area contributed by atoms with E-state index in [-0.39, 0.29) is 0 Å². The standard InChI is InChI=1S/C43H27N3OS/c1-3-16-39-32(9-1)34-12-6-14-36(41(34)47-39)38-21-19-28(23-44-38)26-18-20-31-27(22-26)8-5-11-30(31)29-24-45-43(46-25-29)37-15-7-13-35-33-10-2-4-17-40(33)48-42(35)37/h1,3-9,11-25H,2,10H2. The zero-order chi connectivity index (χ0) is 31.6. The van der Waals surface area contributed by atoms with E-state index >= 15 is 0 Å². The summed E-state index contributed by atoms with van der Waals surface area (Å²) in [5, 5.41) is 5.89. The van der Waals surface area contributed by atoms with Crippen LogP contribution in [0.2, 0.25) is 0 Å². The number of furan rings is 1. The van der Waals surface area contributed by atoms with Crippen LogP contribution in [0.4, 0.5) is 0 Å². The van der Waals surface area contributed by atoms with Crippen molar-refractivity contribution in [3.63, 3.8) is 0 Å². The van der Waals surface area contributed by atoms with E-state index in [1.165, 1.54) is 25.9 Å². The molecule has 1 aliphatic rings. The van der Waals surface area contributed by atoms with Gasteiger partial charge in [0.2, 0.25) is 0 Å². The van der Waals surface area contributed by atoms with Crippen LogP contribution < -0.4 is 0 Å². The van der Waals surface area contributed by atoms with E-state index < -0.39 is 0 Å². The van der Waals surface area contributed by atoms with E-state index in [9.17, 15) is 0 Å². The van der Waals surface area contributed by atoms with Crippen molar-refractivity contribution in [2.24, 2.45) is 0 Å². The third-order valence-corrected chi connectivity index (χ3v) is 10.8. The molecule has 0 atom stereocenters. The second-order valence-electron chi connectivity index (χ2n) is 12.3. The van der Waals surface area contributed by atoms with Gasteiger partial charge in [0, 0.05) is 61.2 Å². The Balaban J connectivity index is 0.966. The molecule has 0 amide bonds. The second-order valence-corrected chi connectivity index (χ2v) is 13.4. The minimum atomic E-state index is 0.766. The number of aromatic nitrogens is 3. The van der Waals surface area contributed by atoms with E-state index in [1.54, 1.807) is 0 Å². The Morgan fingerprint density at radius 2 is 1.35 bits per heavy atom. The van der Waals surface area contributed by atoms with Gasteiger partial charge in [0.15, 0.2) is 5.82 Å². The topological polar surface area (TPSA) is 51.8 Å².